The molecule has 1 amide bonds. The largest absolute Gasteiger partial charge is 0.478 e. The molecule has 9 heteroatoms. The Morgan fingerprint density at radius 3 is 2.93 bits per heavy atom. The smallest absolute Gasteiger partial charge is 0.263 e. The summed E-state index contributed by atoms with van der Waals surface area (Å²) in [7, 11) is 0. The molecule has 0 radical (unpaired) electrons. The van der Waals surface area contributed by atoms with Crippen LogP contribution in [0.5, 0.6) is 5.75 Å². The zero-order valence-electron chi connectivity index (χ0n) is 16.2. The van der Waals surface area contributed by atoms with Crippen LogP contribution in [0, 0.1) is 5.82 Å². The lowest BCUT2D eigenvalue weighted by Crippen LogP contribution is -2.39. The van der Waals surface area contributed by atoms with E-state index < -0.39 is 11.9 Å². The molecule has 1 fully saturated rings. The number of amides is 1. The van der Waals surface area contributed by atoms with Crippen molar-refractivity contribution in [3.63, 3.8) is 0 Å². The van der Waals surface area contributed by atoms with Crippen LogP contribution in [0.4, 0.5) is 4.39 Å². The van der Waals surface area contributed by atoms with Crippen molar-refractivity contribution < 1.29 is 13.9 Å². The Bertz CT molecular complexity index is 1020. The van der Waals surface area contributed by atoms with Crippen LogP contribution >= 0.6 is 0 Å². The van der Waals surface area contributed by atoms with Crippen molar-refractivity contribution in [1.29, 1.82) is 0 Å². The van der Waals surface area contributed by atoms with Crippen LogP contribution in [0.15, 0.2) is 36.7 Å². The van der Waals surface area contributed by atoms with Crippen LogP contribution in [0.1, 0.15) is 25.0 Å². The summed E-state index contributed by atoms with van der Waals surface area (Å²) < 4.78 is 21.1. The van der Waals surface area contributed by atoms with Gasteiger partial charge < -0.3 is 15.4 Å². The quantitative estimate of drug-likeness (QED) is 0.679. The molecule has 1 aliphatic rings. The van der Waals surface area contributed by atoms with Crippen LogP contribution in [-0.4, -0.2) is 56.3 Å². The molecular weight excluding hydrogens is 375 g/mol. The number of para-hydroxylation sites is 1. The number of carbonyl (C=O) groups excluding carboxylic acids is 1. The average molecular weight is 398 g/mol. The number of nitrogens with zero attached hydrogens (tertiary/aromatic N) is 5. The van der Waals surface area contributed by atoms with E-state index in [9.17, 15) is 9.18 Å². The molecule has 1 aromatic carbocycles. The van der Waals surface area contributed by atoms with Crippen molar-refractivity contribution in [3.8, 4) is 5.75 Å². The summed E-state index contributed by atoms with van der Waals surface area (Å²) >= 11 is 0. The Morgan fingerprint density at radius 1 is 1.34 bits per heavy atom. The van der Waals surface area contributed by atoms with Gasteiger partial charge in [-0.3, -0.25) is 4.79 Å². The number of nitrogens with two attached hydrogens (primary N) is 1. The van der Waals surface area contributed by atoms with Gasteiger partial charge in [-0.1, -0.05) is 12.1 Å². The minimum absolute atomic E-state index is 0.0536. The molecule has 1 saturated heterocycles. The highest BCUT2D eigenvalue weighted by atomic mass is 19.1. The fourth-order valence-corrected chi connectivity index (χ4v) is 3.70. The molecule has 3 heterocycles. The molecule has 8 nitrogen and oxygen atoms in total. The van der Waals surface area contributed by atoms with E-state index in [0.29, 0.717) is 31.8 Å². The Labute approximate surface area is 167 Å². The molecule has 2 unspecified atom stereocenters. The monoisotopic (exact) mass is 398 g/mol. The van der Waals surface area contributed by atoms with E-state index in [4.69, 9.17) is 10.5 Å². The molecule has 2 atom stereocenters. The summed E-state index contributed by atoms with van der Waals surface area (Å²) in [6, 6.07) is 6.07. The maximum Gasteiger partial charge on any atom is 0.263 e. The molecule has 2 N–H and O–H groups in total. The summed E-state index contributed by atoms with van der Waals surface area (Å²) in [4.78, 5) is 23.4. The van der Waals surface area contributed by atoms with Gasteiger partial charge in [0.2, 0.25) is 0 Å². The molecule has 0 bridgehead atoms. The van der Waals surface area contributed by atoms with E-state index >= 15 is 0 Å². The van der Waals surface area contributed by atoms with E-state index in [1.807, 2.05) is 0 Å². The van der Waals surface area contributed by atoms with Crippen molar-refractivity contribution in [2.75, 3.05) is 19.6 Å². The van der Waals surface area contributed by atoms with Gasteiger partial charge in [-0.2, -0.15) is 5.10 Å². The minimum Gasteiger partial charge on any atom is -0.478 e. The van der Waals surface area contributed by atoms with Crippen molar-refractivity contribution in [1.82, 2.24) is 24.6 Å². The van der Waals surface area contributed by atoms with Crippen molar-refractivity contribution in [2.24, 2.45) is 5.73 Å². The maximum absolute atomic E-state index is 13.8. The molecule has 0 aliphatic carbocycles. The van der Waals surface area contributed by atoms with Crippen LogP contribution in [0.3, 0.4) is 0 Å². The van der Waals surface area contributed by atoms with Crippen LogP contribution in [0.2, 0.25) is 0 Å². The van der Waals surface area contributed by atoms with Gasteiger partial charge in [0.15, 0.2) is 23.3 Å². The predicted molar refractivity (Wildman–Crippen MR) is 105 cm³/mol. The first-order chi connectivity index (χ1) is 14.1. The third-order valence-corrected chi connectivity index (χ3v) is 5.11. The molecule has 2 aromatic heterocycles. The average Bonchev–Trinajstić information content (AvgIpc) is 3.35. The molecule has 152 valence electrons. The molecule has 29 heavy (non-hydrogen) atoms. The number of hydrogen-bond acceptors (Lipinski definition) is 6. The maximum atomic E-state index is 13.8. The van der Waals surface area contributed by atoms with E-state index in [-0.39, 0.29) is 17.6 Å². The molecule has 3 aromatic rings. The van der Waals surface area contributed by atoms with E-state index in [1.165, 1.54) is 12.1 Å². The molecular formula is C20H23FN6O2. The number of halogens is 1. The van der Waals surface area contributed by atoms with Crippen molar-refractivity contribution in [2.45, 2.75) is 31.9 Å². The van der Waals surface area contributed by atoms with Crippen LogP contribution in [-0.2, 0) is 11.3 Å². The lowest BCUT2D eigenvalue weighted by atomic mass is 10.0. The lowest BCUT2D eigenvalue weighted by molar-refractivity contribution is -0.136. The molecule has 4 rings (SSSR count). The first kappa shape index (κ1) is 19.3. The lowest BCUT2D eigenvalue weighted by Gasteiger charge is -2.21. The number of carbonyl (C=O) groups is 1. The second kappa shape index (κ2) is 8.12. The number of aromatic nitrogens is 4. The second-order valence-corrected chi connectivity index (χ2v) is 7.09. The number of rotatable bonds is 6. The molecule has 0 spiro atoms. The third kappa shape index (κ3) is 3.77. The highest BCUT2D eigenvalue weighted by Crippen LogP contribution is 2.31. The van der Waals surface area contributed by atoms with Gasteiger partial charge in [0.1, 0.15) is 5.52 Å². The Kier molecular flexibility index (Phi) is 5.39. The highest BCUT2D eigenvalue weighted by molar-refractivity contribution is 5.81. The SMILES string of the molecule is CC(Oc1ccccc1F)C(=O)N1CCC(c2nn(CCN)c3nccnc23)C1. The van der Waals surface area contributed by atoms with E-state index in [1.54, 1.807) is 41.0 Å². The topological polar surface area (TPSA) is 99.2 Å². The number of fused-ring (bicyclic) bond motifs is 1. The van der Waals surface area contributed by atoms with Crippen LogP contribution in [0.25, 0.3) is 11.2 Å². The van der Waals surface area contributed by atoms with Crippen molar-refractivity contribution in [3.05, 3.63) is 48.2 Å². The fraction of sp³-hybridized carbons (Fsp3) is 0.400. The van der Waals surface area contributed by atoms with Crippen molar-refractivity contribution >= 4 is 17.1 Å². The normalized spacial score (nSPS) is 17.6. The zero-order valence-corrected chi connectivity index (χ0v) is 16.2. The highest BCUT2D eigenvalue weighted by Gasteiger charge is 2.33. The summed E-state index contributed by atoms with van der Waals surface area (Å²) in [5.41, 5.74) is 7.96. The fourth-order valence-electron chi connectivity index (χ4n) is 3.70. The van der Waals surface area contributed by atoms with Gasteiger partial charge in [-0.15, -0.1) is 0 Å². The van der Waals surface area contributed by atoms with Gasteiger partial charge >= 0.3 is 0 Å². The Hall–Kier alpha value is -3.07. The number of likely N-dealkylation sites (tertiary alicyclic amines) is 1. The summed E-state index contributed by atoms with van der Waals surface area (Å²) in [6.45, 7) is 3.74. The number of hydrogen-bond donors (Lipinski definition) is 1. The summed E-state index contributed by atoms with van der Waals surface area (Å²) in [6.07, 6.45) is 3.26. The first-order valence-electron chi connectivity index (χ1n) is 9.66. The predicted octanol–water partition coefficient (Wildman–Crippen LogP) is 1.71. The molecule has 0 saturated carbocycles. The number of ether oxygens (including phenoxy) is 1. The summed E-state index contributed by atoms with van der Waals surface area (Å²) in [5, 5.41) is 4.67. The van der Waals surface area contributed by atoms with E-state index in [0.717, 1.165) is 17.6 Å². The Balaban J connectivity index is 1.48. The van der Waals surface area contributed by atoms with E-state index in [2.05, 4.69) is 15.1 Å². The summed E-state index contributed by atoms with van der Waals surface area (Å²) in [5.74, 6) is -0.529. The first-order valence-corrected chi connectivity index (χ1v) is 9.66. The minimum atomic E-state index is -0.781. The van der Waals surface area contributed by atoms with Gasteiger partial charge in [0.25, 0.3) is 5.91 Å². The van der Waals surface area contributed by atoms with Gasteiger partial charge in [-0.25, -0.2) is 19.0 Å². The molecule has 1 aliphatic heterocycles. The van der Waals surface area contributed by atoms with Gasteiger partial charge in [0.05, 0.1) is 12.2 Å². The Morgan fingerprint density at radius 2 is 2.14 bits per heavy atom. The van der Waals surface area contributed by atoms with Gasteiger partial charge in [0, 0.05) is 37.9 Å². The number of benzene rings is 1. The second-order valence-electron chi connectivity index (χ2n) is 7.09. The van der Waals surface area contributed by atoms with Crippen LogP contribution < -0.4 is 10.5 Å². The standard InChI is InChI=1S/C20H23FN6O2/c1-13(29-16-5-3-2-4-15(16)21)20(28)26-10-6-14(12-26)17-18-19(24-9-8-23-18)27(25-17)11-7-22/h2-5,8-9,13-14H,6-7,10-12,22H2,1H3. The third-order valence-electron chi connectivity index (χ3n) is 5.11. The zero-order chi connectivity index (χ0) is 20.4. The van der Waals surface area contributed by atoms with Gasteiger partial charge in [-0.05, 0) is 25.5 Å².